The maximum atomic E-state index is 10.1. The summed E-state index contributed by atoms with van der Waals surface area (Å²) in [5.41, 5.74) is -0.243. The zero-order valence-corrected chi connectivity index (χ0v) is 10.0. The average molecular weight is 187 g/mol. The molecule has 0 spiro atoms. The van der Waals surface area contributed by atoms with E-state index in [4.69, 9.17) is 0 Å². The molecular formula is C11H25NO. The zero-order chi connectivity index (χ0) is 10.7. The first-order chi connectivity index (χ1) is 5.78. The summed E-state index contributed by atoms with van der Waals surface area (Å²) in [6.07, 6.45) is 3.08. The highest BCUT2D eigenvalue weighted by Gasteiger charge is 2.34. The first-order valence-corrected chi connectivity index (χ1v) is 5.27. The van der Waals surface area contributed by atoms with E-state index in [1.54, 1.807) is 0 Å². The predicted octanol–water partition coefficient (Wildman–Crippen LogP) is 3.44. The molecule has 0 aromatic rings. The van der Waals surface area contributed by atoms with Gasteiger partial charge in [-0.05, 0) is 40.5 Å². The monoisotopic (exact) mass is 187 g/mol. The van der Waals surface area contributed by atoms with Gasteiger partial charge in [-0.25, -0.2) is 0 Å². The lowest BCUT2D eigenvalue weighted by molar-refractivity contribution is -0.225. The normalized spacial score (nSPS) is 13.8. The maximum Gasteiger partial charge on any atom is 0.0410 e. The van der Waals surface area contributed by atoms with E-state index in [1.807, 2.05) is 0 Å². The van der Waals surface area contributed by atoms with Crippen molar-refractivity contribution < 1.29 is 5.21 Å². The molecule has 0 fully saturated rings. The van der Waals surface area contributed by atoms with E-state index < -0.39 is 0 Å². The first kappa shape index (κ1) is 12.9. The van der Waals surface area contributed by atoms with Crippen LogP contribution < -0.4 is 0 Å². The minimum Gasteiger partial charge on any atom is -0.313 e. The van der Waals surface area contributed by atoms with Crippen LogP contribution in [0.5, 0.6) is 0 Å². The molecule has 2 heteroatoms. The zero-order valence-electron chi connectivity index (χ0n) is 10.0. The Labute approximate surface area is 82.9 Å². The Morgan fingerprint density at radius 2 is 1.46 bits per heavy atom. The highest BCUT2D eigenvalue weighted by Crippen LogP contribution is 2.28. The Hall–Kier alpha value is -0.0800. The van der Waals surface area contributed by atoms with E-state index in [9.17, 15) is 5.21 Å². The molecule has 0 unspecified atom stereocenters. The van der Waals surface area contributed by atoms with Gasteiger partial charge < -0.3 is 5.21 Å². The molecule has 0 bridgehead atoms. The Bertz CT molecular complexity index is 152. The Morgan fingerprint density at radius 3 is 1.77 bits per heavy atom. The highest BCUT2D eigenvalue weighted by atomic mass is 16.5. The standard InChI is InChI=1S/C11H25NO/c1-7-9-11(5,6)12(13)10(3,4)8-2/h13H,7-9H2,1-6H3. The van der Waals surface area contributed by atoms with E-state index in [0.29, 0.717) is 0 Å². The van der Waals surface area contributed by atoms with Crippen molar-refractivity contribution in [2.45, 2.75) is 71.9 Å². The van der Waals surface area contributed by atoms with Crippen LogP contribution in [-0.2, 0) is 0 Å². The van der Waals surface area contributed by atoms with Crippen LogP contribution in [0.25, 0.3) is 0 Å². The number of hydrogen-bond acceptors (Lipinski definition) is 2. The highest BCUT2D eigenvalue weighted by molar-refractivity contribution is 4.85. The van der Waals surface area contributed by atoms with Crippen LogP contribution in [0.15, 0.2) is 0 Å². The van der Waals surface area contributed by atoms with Crippen molar-refractivity contribution >= 4 is 0 Å². The lowest BCUT2D eigenvalue weighted by Crippen LogP contribution is -2.53. The van der Waals surface area contributed by atoms with Gasteiger partial charge in [-0.15, -0.1) is 0 Å². The van der Waals surface area contributed by atoms with Gasteiger partial charge >= 0.3 is 0 Å². The van der Waals surface area contributed by atoms with Crippen molar-refractivity contribution in [1.29, 1.82) is 0 Å². The summed E-state index contributed by atoms with van der Waals surface area (Å²) in [7, 11) is 0. The van der Waals surface area contributed by atoms with Gasteiger partial charge in [-0.3, -0.25) is 0 Å². The third-order valence-electron chi connectivity index (χ3n) is 2.87. The van der Waals surface area contributed by atoms with Crippen molar-refractivity contribution in [2.24, 2.45) is 0 Å². The van der Waals surface area contributed by atoms with Crippen molar-refractivity contribution in [3.63, 3.8) is 0 Å². The molecule has 0 heterocycles. The second-order valence-electron chi connectivity index (χ2n) is 5.04. The molecule has 0 aliphatic carbocycles. The Balaban J connectivity index is 4.47. The summed E-state index contributed by atoms with van der Waals surface area (Å²) >= 11 is 0. The molecule has 0 aliphatic rings. The molecular weight excluding hydrogens is 162 g/mol. The smallest absolute Gasteiger partial charge is 0.0410 e. The fourth-order valence-electron chi connectivity index (χ4n) is 1.69. The van der Waals surface area contributed by atoms with Crippen LogP contribution in [-0.4, -0.2) is 21.3 Å². The SMILES string of the molecule is CCCC(C)(C)N(O)C(C)(C)CC. The van der Waals surface area contributed by atoms with Crippen molar-refractivity contribution in [3.05, 3.63) is 0 Å². The molecule has 0 aromatic heterocycles. The van der Waals surface area contributed by atoms with Gasteiger partial charge in [0, 0.05) is 11.1 Å². The van der Waals surface area contributed by atoms with Gasteiger partial charge in [0.25, 0.3) is 0 Å². The van der Waals surface area contributed by atoms with Crippen LogP contribution in [0.1, 0.15) is 60.8 Å². The molecule has 0 atom stereocenters. The fraction of sp³-hybridized carbons (Fsp3) is 1.00. The maximum absolute atomic E-state index is 10.1. The summed E-state index contributed by atoms with van der Waals surface area (Å²) in [6, 6.07) is 0. The number of rotatable bonds is 5. The lowest BCUT2D eigenvalue weighted by atomic mass is 9.91. The van der Waals surface area contributed by atoms with Crippen LogP contribution >= 0.6 is 0 Å². The molecule has 2 nitrogen and oxygen atoms in total. The minimum atomic E-state index is -0.126. The molecule has 0 amide bonds. The second kappa shape index (κ2) is 4.43. The van der Waals surface area contributed by atoms with Crippen LogP contribution in [0.4, 0.5) is 0 Å². The molecule has 0 saturated carbocycles. The third kappa shape index (κ3) is 3.28. The van der Waals surface area contributed by atoms with Gasteiger partial charge in [0.1, 0.15) is 0 Å². The molecule has 0 saturated heterocycles. The quantitative estimate of drug-likeness (QED) is 0.666. The average Bonchev–Trinajstić information content (AvgIpc) is 2.03. The lowest BCUT2D eigenvalue weighted by Gasteiger charge is -2.43. The van der Waals surface area contributed by atoms with E-state index in [0.717, 1.165) is 19.3 Å². The van der Waals surface area contributed by atoms with Crippen molar-refractivity contribution in [1.82, 2.24) is 5.06 Å². The van der Waals surface area contributed by atoms with Crippen molar-refractivity contribution in [2.75, 3.05) is 0 Å². The van der Waals surface area contributed by atoms with E-state index in [1.165, 1.54) is 5.06 Å². The Morgan fingerprint density at radius 1 is 1.00 bits per heavy atom. The van der Waals surface area contributed by atoms with E-state index in [2.05, 4.69) is 41.5 Å². The molecule has 1 N–H and O–H groups in total. The third-order valence-corrected chi connectivity index (χ3v) is 2.87. The summed E-state index contributed by atoms with van der Waals surface area (Å²) in [5, 5.41) is 11.6. The van der Waals surface area contributed by atoms with Crippen LogP contribution in [0, 0.1) is 0 Å². The van der Waals surface area contributed by atoms with Gasteiger partial charge in [0.15, 0.2) is 0 Å². The molecule has 0 aromatic carbocycles. The topological polar surface area (TPSA) is 23.5 Å². The molecule has 80 valence electrons. The fourth-order valence-corrected chi connectivity index (χ4v) is 1.69. The van der Waals surface area contributed by atoms with Gasteiger partial charge in [-0.1, -0.05) is 20.3 Å². The van der Waals surface area contributed by atoms with E-state index >= 15 is 0 Å². The Kier molecular flexibility index (Phi) is 4.40. The van der Waals surface area contributed by atoms with Gasteiger partial charge in [0.2, 0.25) is 0 Å². The van der Waals surface area contributed by atoms with Crippen LogP contribution in [0.2, 0.25) is 0 Å². The van der Waals surface area contributed by atoms with Gasteiger partial charge in [0.05, 0.1) is 0 Å². The van der Waals surface area contributed by atoms with E-state index in [-0.39, 0.29) is 11.1 Å². The summed E-state index contributed by atoms with van der Waals surface area (Å²) in [5.74, 6) is 0. The minimum absolute atomic E-state index is 0.117. The van der Waals surface area contributed by atoms with Gasteiger partial charge in [-0.2, -0.15) is 5.06 Å². The summed E-state index contributed by atoms with van der Waals surface area (Å²) < 4.78 is 0. The molecule has 0 aliphatic heterocycles. The number of nitrogens with zero attached hydrogens (tertiary/aromatic N) is 1. The summed E-state index contributed by atoms with van der Waals surface area (Å²) in [6.45, 7) is 12.6. The molecule has 13 heavy (non-hydrogen) atoms. The largest absolute Gasteiger partial charge is 0.313 e. The van der Waals surface area contributed by atoms with Crippen LogP contribution in [0.3, 0.4) is 0 Å². The molecule has 0 radical (unpaired) electrons. The van der Waals surface area contributed by atoms with Crippen molar-refractivity contribution in [3.8, 4) is 0 Å². The molecule has 0 rings (SSSR count). The first-order valence-electron chi connectivity index (χ1n) is 5.27. The number of hydroxylamine groups is 2. The summed E-state index contributed by atoms with van der Waals surface area (Å²) in [4.78, 5) is 0. The second-order valence-corrected chi connectivity index (χ2v) is 5.04. The number of hydrogen-bond donors (Lipinski definition) is 1. The predicted molar refractivity (Wildman–Crippen MR) is 57.0 cm³/mol.